The van der Waals surface area contributed by atoms with Crippen molar-refractivity contribution in [3.63, 3.8) is 0 Å². The van der Waals surface area contributed by atoms with Crippen LogP contribution in [0.5, 0.6) is 0 Å². The topological polar surface area (TPSA) is 27.1 Å². The zero-order valence-electron chi connectivity index (χ0n) is 7.81. The highest BCUT2D eigenvalue weighted by molar-refractivity contribution is 6.11. The number of hydrogen-bond acceptors (Lipinski definition) is 2. The minimum absolute atomic E-state index is 0.150. The first-order valence-corrected chi connectivity index (χ1v) is 4.61. The molecule has 0 aromatic carbocycles. The smallest absolute Gasteiger partial charge is 0.0850 e. The molecule has 4 heteroatoms. The average Bonchev–Trinajstić information content (AvgIpc) is 2.52. The quantitative estimate of drug-likeness (QED) is 0.601. The lowest BCUT2D eigenvalue weighted by atomic mass is 9.78. The minimum Gasteiger partial charge on any atom is -0.373 e. The van der Waals surface area contributed by atoms with Crippen molar-refractivity contribution >= 4 is 7.85 Å². The summed E-state index contributed by atoms with van der Waals surface area (Å²) in [6.45, 7) is 0.765. The van der Waals surface area contributed by atoms with Gasteiger partial charge in [-0.25, -0.2) is 0 Å². The maximum Gasteiger partial charge on any atom is 0.0850 e. The van der Waals surface area contributed by atoms with E-state index >= 15 is 0 Å². The molecule has 1 fully saturated rings. The Kier molecular flexibility index (Phi) is 2.40. The lowest BCUT2D eigenvalue weighted by Crippen LogP contribution is -2.16. The molecule has 0 N–H and O–H groups in total. The van der Waals surface area contributed by atoms with Crippen LogP contribution in [0.25, 0.3) is 0 Å². The van der Waals surface area contributed by atoms with Crippen LogP contribution in [0.15, 0.2) is 12.4 Å². The van der Waals surface area contributed by atoms with Gasteiger partial charge >= 0.3 is 0 Å². The van der Waals surface area contributed by atoms with Crippen LogP contribution in [-0.4, -0.2) is 24.2 Å². The molecule has 1 aliphatic rings. The van der Waals surface area contributed by atoms with Crippen LogP contribution in [0.3, 0.4) is 0 Å². The summed E-state index contributed by atoms with van der Waals surface area (Å²) in [5.74, 6) is 0.277. The first-order chi connectivity index (χ1) is 6.25. The van der Waals surface area contributed by atoms with Crippen LogP contribution in [0.4, 0.5) is 0 Å². The molecule has 2 atom stereocenters. The Morgan fingerprint density at radius 2 is 2.54 bits per heavy atom. The Morgan fingerprint density at radius 1 is 1.69 bits per heavy atom. The summed E-state index contributed by atoms with van der Waals surface area (Å²) in [6, 6.07) is 0. The summed E-state index contributed by atoms with van der Waals surface area (Å²) in [5, 5.41) is 4.11. The molecular formula is C9H13BN2O. The van der Waals surface area contributed by atoms with E-state index in [4.69, 9.17) is 12.6 Å². The molecule has 13 heavy (non-hydrogen) atoms. The molecular weight excluding hydrogens is 163 g/mol. The SMILES string of the molecule is [B]C1CCOC(c2cnn(C)c2)C1. The summed E-state index contributed by atoms with van der Waals surface area (Å²) in [6.07, 6.45) is 5.87. The van der Waals surface area contributed by atoms with Crippen LogP contribution in [-0.2, 0) is 11.8 Å². The molecule has 1 aromatic heterocycles. The summed E-state index contributed by atoms with van der Waals surface area (Å²) in [7, 11) is 7.77. The Balaban J connectivity index is 2.08. The Labute approximate surface area is 79.5 Å². The van der Waals surface area contributed by atoms with Crippen LogP contribution in [0.2, 0.25) is 5.82 Å². The van der Waals surface area contributed by atoms with Crippen molar-refractivity contribution in [1.29, 1.82) is 0 Å². The van der Waals surface area contributed by atoms with Crippen molar-refractivity contribution in [2.24, 2.45) is 7.05 Å². The minimum atomic E-state index is 0.150. The van der Waals surface area contributed by atoms with Crippen molar-refractivity contribution in [2.45, 2.75) is 24.8 Å². The molecule has 2 radical (unpaired) electrons. The highest BCUT2D eigenvalue weighted by atomic mass is 16.5. The number of aromatic nitrogens is 2. The zero-order chi connectivity index (χ0) is 9.26. The van der Waals surface area contributed by atoms with E-state index in [9.17, 15) is 0 Å². The van der Waals surface area contributed by atoms with Crippen molar-refractivity contribution < 1.29 is 4.74 Å². The van der Waals surface area contributed by atoms with Gasteiger partial charge in [0.15, 0.2) is 0 Å². The van der Waals surface area contributed by atoms with E-state index in [0.29, 0.717) is 0 Å². The lowest BCUT2D eigenvalue weighted by Gasteiger charge is -2.26. The van der Waals surface area contributed by atoms with E-state index < -0.39 is 0 Å². The Hall–Kier alpha value is -0.765. The fourth-order valence-corrected chi connectivity index (χ4v) is 1.66. The molecule has 0 saturated carbocycles. The van der Waals surface area contributed by atoms with Crippen molar-refractivity contribution in [3.05, 3.63) is 18.0 Å². The number of ether oxygens (including phenoxy) is 1. The molecule has 0 aliphatic carbocycles. The van der Waals surface area contributed by atoms with Crippen molar-refractivity contribution in [1.82, 2.24) is 9.78 Å². The Bertz CT molecular complexity index is 287. The predicted molar refractivity (Wildman–Crippen MR) is 50.6 cm³/mol. The maximum atomic E-state index is 5.86. The first-order valence-electron chi connectivity index (χ1n) is 4.61. The molecule has 2 unspecified atom stereocenters. The van der Waals surface area contributed by atoms with Crippen LogP contribution in [0, 0.1) is 0 Å². The standard InChI is InChI=1S/C9H13BN2O/c1-12-6-7(5-11-12)9-4-8(10)2-3-13-9/h5-6,8-9H,2-4H2,1H3. The molecule has 68 valence electrons. The van der Waals surface area contributed by atoms with Crippen LogP contribution in [0.1, 0.15) is 24.5 Å². The van der Waals surface area contributed by atoms with Gasteiger partial charge in [0.05, 0.1) is 20.1 Å². The third-order valence-electron chi connectivity index (χ3n) is 2.42. The Morgan fingerprint density at radius 3 is 3.15 bits per heavy atom. The monoisotopic (exact) mass is 176 g/mol. The predicted octanol–water partition coefficient (Wildman–Crippen LogP) is 1.23. The van der Waals surface area contributed by atoms with Gasteiger partial charge in [-0.05, 0) is 12.8 Å². The van der Waals surface area contributed by atoms with Gasteiger partial charge in [0, 0.05) is 25.4 Å². The number of nitrogens with zero attached hydrogens (tertiary/aromatic N) is 2. The molecule has 0 amide bonds. The van der Waals surface area contributed by atoms with Crippen LogP contribution >= 0.6 is 0 Å². The fourth-order valence-electron chi connectivity index (χ4n) is 1.66. The fraction of sp³-hybridized carbons (Fsp3) is 0.667. The second kappa shape index (κ2) is 3.54. The molecule has 1 aliphatic heterocycles. The molecule has 0 spiro atoms. The van der Waals surface area contributed by atoms with Gasteiger partial charge in [-0.2, -0.15) is 5.10 Å². The second-order valence-corrected chi connectivity index (χ2v) is 3.59. The average molecular weight is 176 g/mol. The summed E-state index contributed by atoms with van der Waals surface area (Å²) in [4.78, 5) is 0. The van der Waals surface area contributed by atoms with Gasteiger partial charge < -0.3 is 4.74 Å². The highest BCUT2D eigenvalue weighted by Gasteiger charge is 2.21. The molecule has 1 saturated heterocycles. The third kappa shape index (κ3) is 1.94. The van der Waals surface area contributed by atoms with Crippen molar-refractivity contribution in [3.8, 4) is 0 Å². The van der Waals surface area contributed by atoms with Crippen LogP contribution < -0.4 is 0 Å². The molecule has 1 aromatic rings. The first kappa shape index (κ1) is 8.82. The lowest BCUT2D eigenvalue weighted by molar-refractivity contribution is 0.0155. The van der Waals surface area contributed by atoms with E-state index in [1.54, 1.807) is 4.68 Å². The zero-order valence-corrected chi connectivity index (χ0v) is 7.81. The normalized spacial score (nSPS) is 29.0. The third-order valence-corrected chi connectivity index (χ3v) is 2.42. The number of aryl methyl sites for hydroxylation is 1. The van der Waals surface area contributed by atoms with E-state index in [1.165, 1.54) is 0 Å². The summed E-state index contributed by atoms with van der Waals surface area (Å²) in [5.41, 5.74) is 1.14. The van der Waals surface area contributed by atoms with E-state index in [1.807, 2.05) is 19.4 Å². The molecule has 0 bridgehead atoms. The van der Waals surface area contributed by atoms with E-state index in [-0.39, 0.29) is 11.9 Å². The van der Waals surface area contributed by atoms with Crippen molar-refractivity contribution in [2.75, 3.05) is 6.61 Å². The van der Waals surface area contributed by atoms with E-state index in [0.717, 1.165) is 25.0 Å². The van der Waals surface area contributed by atoms with Gasteiger partial charge in [-0.1, -0.05) is 5.82 Å². The highest BCUT2D eigenvalue weighted by Crippen LogP contribution is 2.32. The molecule has 2 heterocycles. The summed E-state index contributed by atoms with van der Waals surface area (Å²) < 4.78 is 7.40. The summed E-state index contributed by atoms with van der Waals surface area (Å²) >= 11 is 0. The van der Waals surface area contributed by atoms with Gasteiger partial charge in [-0.3, -0.25) is 4.68 Å². The number of rotatable bonds is 1. The largest absolute Gasteiger partial charge is 0.373 e. The molecule has 2 rings (SSSR count). The van der Waals surface area contributed by atoms with E-state index in [2.05, 4.69) is 5.10 Å². The second-order valence-electron chi connectivity index (χ2n) is 3.59. The van der Waals surface area contributed by atoms with Gasteiger partial charge in [0.2, 0.25) is 0 Å². The van der Waals surface area contributed by atoms with Gasteiger partial charge in [-0.15, -0.1) is 0 Å². The van der Waals surface area contributed by atoms with Gasteiger partial charge in [0.1, 0.15) is 0 Å². The maximum absolute atomic E-state index is 5.86. The number of hydrogen-bond donors (Lipinski definition) is 0. The molecule has 3 nitrogen and oxygen atoms in total. The van der Waals surface area contributed by atoms with Gasteiger partial charge in [0.25, 0.3) is 0 Å².